The summed E-state index contributed by atoms with van der Waals surface area (Å²) >= 11 is 13.1. The van der Waals surface area contributed by atoms with Gasteiger partial charge in [0.25, 0.3) is 5.91 Å². The topological polar surface area (TPSA) is 47.4 Å². The largest absolute Gasteiger partial charge is 0.489 e. The molecule has 0 saturated carbocycles. The lowest BCUT2D eigenvalue weighted by Crippen LogP contribution is -2.36. The Morgan fingerprint density at radius 2 is 1.76 bits per heavy atom. The van der Waals surface area contributed by atoms with Gasteiger partial charge >= 0.3 is 0 Å². The first-order valence-corrected chi connectivity index (χ1v) is 13.9. The Bertz CT molecular complexity index is 1500. The molecule has 0 bridgehead atoms. The van der Waals surface area contributed by atoms with E-state index in [2.05, 4.69) is 6.92 Å². The summed E-state index contributed by atoms with van der Waals surface area (Å²) in [5.74, 6) is 0.670. The molecule has 2 heterocycles. The summed E-state index contributed by atoms with van der Waals surface area (Å²) in [7, 11) is 0. The summed E-state index contributed by atoms with van der Waals surface area (Å²) in [6.45, 7) is 4.45. The van der Waals surface area contributed by atoms with Gasteiger partial charge in [-0.25, -0.2) is 4.68 Å². The van der Waals surface area contributed by atoms with Crippen molar-refractivity contribution in [3.05, 3.63) is 106 Å². The third kappa shape index (κ3) is 5.55. The number of amides is 1. The maximum Gasteiger partial charge on any atom is 0.266 e. The van der Waals surface area contributed by atoms with Crippen molar-refractivity contribution in [1.82, 2.24) is 14.7 Å². The predicted molar refractivity (Wildman–Crippen MR) is 160 cm³/mol. The van der Waals surface area contributed by atoms with Crippen LogP contribution in [0, 0.1) is 0 Å². The molecule has 1 aliphatic rings. The van der Waals surface area contributed by atoms with E-state index in [1.165, 1.54) is 11.8 Å². The van der Waals surface area contributed by atoms with Crippen LogP contribution < -0.4 is 4.74 Å². The van der Waals surface area contributed by atoms with E-state index in [1.807, 2.05) is 103 Å². The number of carbonyl (C=O) groups is 1. The number of thioether (sulfide) groups is 1. The fourth-order valence-electron chi connectivity index (χ4n) is 4.10. The molecule has 0 radical (unpaired) electrons. The van der Waals surface area contributed by atoms with Crippen LogP contribution >= 0.6 is 35.6 Å². The van der Waals surface area contributed by atoms with Gasteiger partial charge in [0.15, 0.2) is 0 Å². The average molecular weight is 560 g/mol. The minimum Gasteiger partial charge on any atom is -0.489 e. The molecule has 8 heteroatoms. The zero-order valence-corrected chi connectivity index (χ0v) is 23.4. The van der Waals surface area contributed by atoms with Gasteiger partial charge < -0.3 is 4.74 Å². The van der Waals surface area contributed by atoms with Gasteiger partial charge in [0.2, 0.25) is 0 Å². The second-order valence-electron chi connectivity index (χ2n) is 8.93. The van der Waals surface area contributed by atoms with E-state index in [-0.39, 0.29) is 11.9 Å². The Labute approximate surface area is 237 Å². The van der Waals surface area contributed by atoms with Gasteiger partial charge in [0, 0.05) is 34.0 Å². The van der Waals surface area contributed by atoms with Crippen LogP contribution in [0.3, 0.4) is 0 Å². The van der Waals surface area contributed by atoms with Gasteiger partial charge in [-0.2, -0.15) is 5.10 Å². The summed E-state index contributed by atoms with van der Waals surface area (Å²) < 4.78 is 8.38. The van der Waals surface area contributed by atoms with Crippen molar-refractivity contribution in [2.45, 2.75) is 32.9 Å². The molecule has 0 N–H and O–H groups in total. The first-order valence-electron chi connectivity index (χ1n) is 12.3. The van der Waals surface area contributed by atoms with Gasteiger partial charge in [0.05, 0.1) is 16.3 Å². The van der Waals surface area contributed by atoms with Crippen LogP contribution in [0.4, 0.5) is 0 Å². The maximum atomic E-state index is 13.2. The lowest BCUT2D eigenvalue weighted by Gasteiger charge is -2.21. The number of rotatable bonds is 8. The molecule has 5 rings (SSSR count). The predicted octanol–water partition coefficient (Wildman–Crippen LogP) is 7.77. The van der Waals surface area contributed by atoms with Gasteiger partial charge in [-0.1, -0.05) is 78.9 Å². The van der Waals surface area contributed by atoms with Crippen molar-refractivity contribution in [1.29, 1.82) is 0 Å². The fourth-order valence-corrected chi connectivity index (χ4v) is 5.74. The van der Waals surface area contributed by atoms with Crippen LogP contribution in [0.5, 0.6) is 5.75 Å². The van der Waals surface area contributed by atoms with E-state index < -0.39 is 0 Å². The highest BCUT2D eigenvalue weighted by molar-refractivity contribution is 8.26. The van der Waals surface area contributed by atoms with E-state index in [0.717, 1.165) is 40.2 Å². The molecule has 38 heavy (non-hydrogen) atoms. The van der Waals surface area contributed by atoms with Gasteiger partial charge in [-0.05, 0) is 61.9 Å². The minimum atomic E-state index is -0.0592. The highest BCUT2D eigenvalue weighted by atomic mass is 35.5. The van der Waals surface area contributed by atoms with Crippen molar-refractivity contribution in [2.24, 2.45) is 0 Å². The second-order valence-corrected chi connectivity index (χ2v) is 11.0. The Morgan fingerprint density at radius 1 is 1.05 bits per heavy atom. The molecular weight excluding hydrogens is 534 g/mol. The number of hydrogen-bond acceptors (Lipinski definition) is 5. The molecular formula is C30H26ClN3O2S2. The molecule has 1 aliphatic heterocycles. The zero-order valence-electron chi connectivity index (χ0n) is 21.0. The molecule has 192 valence electrons. The summed E-state index contributed by atoms with van der Waals surface area (Å²) in [5.41, 5.74) is 4.37. The van der Waals surface area contributed by atoms with Crippen molar-refractivity contribution in [3.8, 4) is 22.7 Å². The molecule has 4 aromatic rings. The minimum absolute atomic E-state index is 0.0539. The number of halogens is 1. The number of carbonyl (C=O) groups excluding carboxylic acids is 1. The average Bonchev–Trinajstić information content (AvgIpc) is 3.48. The third-order valence-electron chi connectivity index (χ3n) is 6.38. The molecule has 5 nitrogen and oxygen atoms in total. The highest BCUT2D eigenvalue weighted by Gasteiger charge is 2.35. The molecule has 1 aromatic heterocycles. The van der Waals surface area contributed by atoms with Crippen LogP contribution in [-0.2, 0) is 11.4 Å². The van der Waals surface area contributed by atoms with Crippen molar-refractivity contribution < 1.29 is 9.53 Å². The van der Waals surface area contributed by atoms with Crippen molar-refractivity contribution in [3.63, 3.8) is 0 Å². The SMILES string of the molecule is CCC(C)N1C(=O)/C(=C\c2cn(-c3ccccc3)nc2-c2ccc(OCc3ccccc3Cl)cc2)SC1=S. The number of hydrogen-bond donors (Lipinski definition) is 0. The van der Waals surface area contributed by atoms with E-state index in [4.69, 9.17) is 33.7 Å². The third-order valence-corrected chi connectivity index (χ3v) is 8.08. The molecule has 1 fully saturated rings. The summed E-state index contributed by atoms with van der Waals surface area (Å²) in [4.78, 5) is 15.5. The Balaban J connectivity index is 1.46. The molecule has 1 saturated heterocycles. The van der Waals surface area contributed by atoms with Gasteiger partial charge in [-0.15, -0.1) is 0 Å². The fraction of sp³-hybridized carbons (Fsp3) is 0.167. The van der Waals surface area contributed by atoms with Crippen LogP contribution in [0.2, 0.25) is 5.02 Å². The van der Waals surface area contributed by atoms with Crippen molar-refractivity contribution in [2.75, 3.05) is 0 Å². The first kappa shape index (κ1) is 26.2. The molecule has 3 aromatic carbocycles. The van der Waals surface area contributed by atoms with Gasteiger partial charge in [-0.3, -0.25) is 9.69 Å². The quantitative estimate of drug-likeness (QED) is 0.163. The van der Waals surface area contributed by atoms with E-state index in [1.54, 1.807) is 4.90 Å². The number of nitrogens with zero attached hydrogens (tertiary/aromatic N) is 3. The first-order chi connectivity index (χ1) is 18.4. The number of para-hydroxylation sites is 1. The van der Waals surface area contributed by atoms with Crippen molar-refractivity contribution >= 4 is 51.9 Å². The van der Waals surface area contributed by atoms with Crippen LogP contribution in [0.25, 0.3) is 23.0 Å². The number of thiocarbonyl (C=S) groups is 1. The Hall–Kier alpha value is -3.39. The summed E-state index contributed by atoms with van der Waals surface area (Å²) in [6, 6.07) is 25.4. The second kappa shape index (κ2) is 11.6. The lowest BCUT2D eigenvalue weighted by molar-refractivity contribution is -0.123. The Kier molecular flexibility index (Phi) is 7.98. The highest BCUT2D eigenvalue weighted by Crippen LogP contribution is 2.36. The van der Waals surface area contributed by atoms with Gasteiger partial charge in [0.1, 0.15) is 16.7 Å². The lowest BCUT2D eigenvalue weighted by atomic mass is 10.1. The standard InChI is InChI=1S/C30H26ClN3O2S2/c1-3-20(2)34-29(35)27(38-30(34)37)17-23-18-33(24-10-5-4-6-11-24)32-28(23)21-13-15-25(16-14-21)36-19-22-9-7-8-12-26(22)31/h4-18,20H,3,19H2,1-2H3/b27-17+. The number of benzene rings is 3. The number of aromatic nitrogens is 2. The monoisotopic (exact) mass is 559 g/mol. The smallest absolute Gasteiger partial charge is 0.266 e. The molecule has 1 amide bonds. The normalized spacial score (nSPS) is 15.3. The van der Waals surface area contributed by atoms with Crippen LogP contribution in [0.15, 0.2) is 90.0 Å². The molecule has 0 aliphatic carbocycles. The van der Waals surface area contributed by atoms with Crippen LogP contribution in [0.1, 0.15) is 31.4 Å². The number of ether oxygens (including phenoxy) is 1. The molecule has 1 unspecified atom stereocenters. The van der Waals surface area contributed by atoms with E-state index in [9.17, 15) is 4.79 Å². The molecule has 1 atom stereocenters. The maximum absolute atomic E-state index is 13.2. The zero-order chi connectivity index (χ0) is 26.6. The molecule has 0 spiro atoms. The summed E-state index contributed by atoms with van der Waals surface area (Å²) in [5, 5.41) is 5.57. The Morgan fingerprint density at radius 3 is 2.47 bits per heavy atom. The summed E-state index contributed by atoms with van der Waals surface area (Å²) in [6.07, 6.45) is 4.68. The van der Waals surface area contributed by atoms with E-state index in [0.29, 0.717) is 20.9 Å². The van der Waals surface area contributed by atoms with Crippen LogP contribution in [-0.4, -0.2) is 30.9 Å². The van der Waals surface area contributed by atoms with E-state index >= 15 is 0 Å².